The number of furan rings is 1. The Kier molecular flexibility index (Phi) is 5.49. The topological polar surface area (TPSA) is 79.8 Å². The summed E-state index contributed by atoms with van der Waals surface area (Å²) >= 11 is 0. The van der Waals surface area contributed by atoms with Gasteiger partial charge in [-0.3, -0.25) is 9.59 Å². The molecule has 0 radical (unpaired) electrons. The van der Waals surface area contributed by atoms with Crippen LogP contribution in [0.2, 0.25) is 0 Å². The number of nitrogens with zero attached hydrogens (tertiary/aromatic N) is 3. The van der Waals surface area contributed by atoms with E-state index >= 15 is 0 Å². The number of benzene rings is 1. The molecule has 1 aromatic carbocycles. The Bertz CT molecular complexity index is 1140. The molecule has 0 unspecified atom stereocenters. The molecule has 0 N–H and O–H groups in total. The fourth-order valence-corrected chi connectivity index (χ4v) is 5.02. The largest absolute Gasteiger partial charge is 0.451 e. The van der Waals surface area contributed by atoms with Crippen LogP contribution in [-0.2, 0) is 0 Å². The van der Waals surface area contributed by atoms with E-state index in [0.29, 0.717) is 24.6 Å². The van der Waals surface area contributed by atoms with Gasteiger partial charge in [-0.05, 0) is 52.0 Å². The van der Waals surface area contributed by atoms with Crippen LogP contribution in [0.4, 0.5) is 0 Å². The molecule has 7 nitrogen and oxygen atoms in total. The quantitative estimate of drug-likeness (QED) is 0.592. The number of rotatable bonds is 3. The van der Waals surface area contributed by atoms with E-state index < -0.39 is 0 Å². The fraction of sp³-hybridized carbons (Fsp3) is 0.480. The van der Waals surface area contributed by atoms with E-state index in [4.69, 9.17) is 8.94 Å². The molecule has 5 rings (SSSR count). The number of aromatic nitrogens is 1. The molecule has 0 bridgehead atoms. The van der Waals surface area contributed by atoms with E-state index in [1.54, 1.807) is 6.07 Å². The molecule has 2 aromatic heterocycles. The standard InChI is InChI=1S/C25H29N3O4/c1-16-7-5-6-12-28(16)24(29)22-15-20(26-32-22)18-10-13-27(14-11-18)25(30)23-17(2)19-8-3-4-9-21(19)31-23/h3-4,8-9,15-16,18H,5-7,10-14H2,1-2H3/t16-/m1/s1. The highest BCUT2D eigenvalue weighted by atomic mass is 16.5. The van der Waals surface area contributed by atoms with Crippen LogP contribution in [0.15, 0.2) is 39.3 Å². The Labute approximate surface area is 187 Å². The molecule has 3 aromatic rings. The zero-order valence-electron chi connectivity index (χ0n) is 18.7. The molecule has 2 aliphatic heterocycles. The molecular formula is C25H29N3O4. The van der Waals surface area contributed by atoms with Crippen molar-refractivity contribution >= 4 is 22.8 Å². The molecule has 4 heterocycles. The zero-order valence-corrected chi connectivity index (χ0v) is 18.7. The number of aryl methyl sites for hydroxylation is 1. The van der Waals surface area contributed by atoms with Crippen molar-refractivity contribution in [3.05, 3.63) is 53.1 Å². The number of piperidine rings is 2. The van der Waals surface area contributed by atoms with E-state index in [9.17, 15) is 9.59 Å². The van der Waals surface area contributed by atoms with Crippen molar-refractivity contribution in [3.63, 3.8) is 0 Å². The lowest BCUT2D eigenvalue weighted by atomic mass is 9.93. The maximum Gasteiger partial charge on any atom is 0.292 e. The second kappa shape index (κ2) is 8.45. The van der Waals surface area contributed by atoms with E-state index in [1.807, 2.05) is 41.0 Å². The monoisotopic (exact) mass is 435 g/mol. The molecule has 2 amide bonds. The van der Waals surface area contributed by atoms with E-state index in [1.165, 1.54) is 0 Å². The summed E-state index contributed by atoms with van der Waals surface area (Å²) in [6.07, 6.45) is 4.80. The number of para-hydroxylation sites is 1. The number of amides is 2. The summed E-state index contributed by atoms with van der Waals surface area (Å²) in [5.74, 6) is 0.802. The predicted octanol–water partition coefficient (Wildman–Crippen LogP) is 4.76. The first-order valence-corrected chi connectivity index (χ1v) is 11.6. The maximum absolute atomic E-state index is 13.1. The van der Waals surface area contributed by atoms with Gasteiger partial charge in [-0.2, -0.15) is 0 Å². The van der Waals surface area contributed by atoms with Crippen molar-refractivity contribution in [2.24, 2.45) is 0 Å². The van der Waals surface area contributed by atoms with Crippen LogP contribution < -0.4 is 0 Å². The summed E-state index contributed by atoms with van der Waals surface area (Å²) in [5, 5.41) is 5.19. The third-order valence-electron chi connectivity index (χ3n) is 7.04. The van der Waals surface area contributed by atoms with Crippen molar-refractivity contribution in [1.82, 2.24) is 15.0 Å². The summed E-state index contributed by atoms with van der Waals surface area (Å²) in [6, 6.07) is 9.77. The molecule has 0 aliphatic carbocycles. The van der Waals surface area contributed by atoms with Gasteiger partial charge in [0.05, 0.1) is 5.69 Å². The first-order chi connectivity index (χ1) is 15.5. The van der Waals surface area contributed by atoms with Gasteiger partial charge < -0.3 is 18.7 Å². The van der Waals surface area contributed by atoms with Crippen molar-refractivity contribution in [1.29, 1.82) is 0 Å². The fourth-order valence-electron chi connectivity index (χ4n) is 5.02. The molecule has 0 spiro atoms. The lowest BCUT2D eigenvalue weighted by Gasteiger charge is -2.32. The highest BCUT2D eigenvalue weighted by Crippen LogP contribution is 2.31. The SMILES string of the molecule is Cc1c(C(=O)N2CCC(c3cc(C(=O)N4CCCC[C@H]4C)on3)CC2)oc2ccccc12. The van der Waals surface area contributed by atoms with Crippen molar-refractivity contribution < 1.29 is 18.5 Å². The number of carbonyl (C=O) groups is 2. The minimum Gasteiger partial charge on any atom is -0.451 e. The summed E-state index contributed by atoms with van der Waals surface area (Å²) in [4.78, 5) is 29.7. The molecule has 1 atom stereocenters. The minimum absolute atomic E-state index is 0.0627. The van der Waals surface area contributed by atoms with Gasteiger partial charge >= 0.3 is 0 Å². The van der Waals surface area contributed by atoms with Crippen molar-refractivity contribution in [2.75, 3.05) is 19.6 Å². The number of likely N-dealkylation sites (tertiary alicyclic amines) is 2. The lowest BCUT2D eigenvalue weighted by molar-refractivity contribution is 0.0592. The number of carbonyl (C=O) groups excluding carboxylic acids is 2. The van der Waals surface area contributed by atoms with Gasteiger partial charge in [0.15, 0.2) is 5.76 Å². The summed E-state index contributed by atoms with van der Waals surface area (Å²) < 4.78 is 11.3. The second-order valence-electron chi connectivity index (χ2n) is 9.08. The van der Waals surface area contributed by atoms with Gasteiger partial charge in [-0.25, -0.2) is 0 Å². The average Bonchev–Trinajstić information content (AvgIpc) is 3.44. The molecule has 7 heteroatoms. The smallest absolute Gasteiger partial charge is 0.292 e. The van der Waals surface area contributed by atoms with E-state index in [-0.39, 0.29) is 23.8 Å². The molecule has 0 saturated carbocycles. The van der Waals surface area contributed by atoms with E-state index in [0.717, 1.165) is 60.9 Å². The molecule has 2 saturated heterocycles. The Balaban J connectivity index is 1.23. The Hall–Kier alpha value is -3.09. The summed E-state index contributed by atoms with van der Waals surface area (Å²) in [5.41, 5.74) is 2.44. The highest BCUT2D eigenvalue weighted by molar-refractivity contribution is 5.99. The lowest BCUT2D eigenvalue weighted by Crippen LogP contribution is -2.41. The molecular weight excluding hydrogens is 406 g/mol. The maximum atomic E-state index is 13.1. The van der Waals surface area contributed by atoms with Gasteiger partial charge in [0.1, 0.15) is 5.58 Å². The van der Waals surface area contributed by atoms with Crippen molar-refractivity contribution in [2.45, 2.75) is 57.9 Å². The number of hydrogen-bond donors (Lipinski definition) is 0. The molecule has 2 fully saturated rings. The molecule has 2 aliphatic rings. The van der Waals surface area contributed by atoms with Crippen LogP contribution in [0, 0.1) is 6.92 Å². The van der Waals surface area contributed by atoms with Gasteiger partial charge in [-0.15, -0.1) is 0 Å². The number of hydrogen-bond acceptors (Lipinski definition) is 5. The normalized spacial score (nSPS) is 20.1. The summed E-state index contributed by atoms with van der Waals surface area (Å²) in [7, 11) is 0. The Morgan fingerprint density at radius 2 is 1.81 bits per heavy atom. The zero-order chi connectivity index (χ0) is 22.2. The van der Waals surface area contributed by atoms with E-state index in [2.05, 4.69) is 12.1 Å². The molecule has 32 heavy (non-hydrogen) atoms. The van der Waals surface area contributed by atoms with Gasteiger partial charge in [0, 0.05) is 48.6 Å². The minimum atomic E-state index is -0.0658. The average molecular weight is 436 g/mol. The third kappa shape index (κ3) is 3.70. The first-order valence-electron chi connectivity index (χ1n) is 11.6. The first kappa shape index (κ1) is 20.8. The highest BCUT2D eigenvalue weighted by Gasteiger charge is 2.31. The van der Waals surface area contributed by atoms with Crippen LogP contribution in [0.5, 0.6) is 0 Å². The van der Waals surface area contributed by atoms with Gasteiger partial charge in [-0.1, -0.05) is 23.4 Å². The summed E-state index contributed by atoms with van der Waals surface area (Å²) in [6.45, 7) is 6.05. The Morgan fingerprint density at radius 3 is 2.56 bits per heavy atom. The van der Waals surface area contributed by atoms with Crippen LogP contribution in [-0.4, -0.2) is 52.4 Å². The van der Waals surface area contributed by atoms with Crippen LogP contribution in [0.3, 0.4) is 0 Å². The van der Waals surface area contributed by atoms with Gasteiger partial charge in [0.2, 0.25) is 5.76 Å². The predicted molar refractivity (Wildman–Crippen MR) is 120 cm³/mol. The molecule has 168 valence electrons. The Morgan fingerprint density at radius 1 is 1.03 bits per heavy atom. The van der Waals surface area contributed by atoms with Gasteiger partial charge in [0.25, 0.3) is 11.8 Å². The number of fused-ring (bicyclic) bond motifs is 1. The third-order valence-corrected chi connectivity index (χ3v) is 7.04. The van der Waals surface area contributed by atoms with Crippen molar-refractivity contribution in [3.8, 4) is 0 Å². The van der Waals surface area contributed by atoms with Crippen LogP contribution in [0.1, 0.15) is 77.3 Å². The van der Waals surface area contributed by atoms with Crippen LogP contribution >= 0.6 is 0 Å². The second-order valence-corrected chi connectivity index (χ2v) is 9.08. The van der Waals surface area contributed by atoms with Crippen LogP contribution in [0.25, 0.3) is 11.0 Å².